The Bertz CT molecular complexity index is 429. The minimum Gasteiger partial charge on any atom is -0.256 e. The second-order valence-electron chi connectivity index (χ2n) is 3.45. The molecular weight excluding hydrogens is 212 g/mol. The zero-order chi connectivity index (χ0) is 11.5. The second kappa shape index (κ2) is 4.72. The minimum atomic E-state index is -3.17. The van der Waals surface area contributed by atoms with Gasteiger partial charge in [-0.25, -0.2) is 13.1 Å². The van der Waals surface area contributed by atoms with Gasteiger partial charge in [0.2, 0.25) is 10.0 Å². The third kappa shape index (κ3) is 3.60. The first-order valence-electron chi connectivity index (χ1n) is 4.88. The van der Waals surface area contributed by atoms with Crippen LogP contribution in [0.4, 0.5) is 0 Å². The van der Waals surface area contributed by atoms with Gasteiger partial charge in [-0.05, 0) is 32.9 Å². The van der Waals surface area contributed by atoms with Crippen LogP contribution in [0.25, 0.3) is 0 Å². The van der Waals surface area contributed by atoms with Crippen molar-refractivity contribution in [1.82, 2.24) is 9.71 Å². The van der Waals surface area contributed by atoms with Gasteiger partial charge in [0, 0.05) is 5.69 Å². The van der Waals surface area contributed by atoms with Crippen molar-refractivity contribution < 1.29 is 8.42 Å². The summed E-state index contributed by atoms with van der Waals surface area (Å²) in [4.78, 5) is 4.26. The zero-order valence-corrected chi connectivity index (χ0v) is 10.0. The molecule has 4 nitrogen and oxygen atoms in total. The van der Waals surface area contributed by atoms with Crippen molar-refractivity contribution in [2.45, 2.75) is 26.8 Å². The lowest BCUT2D eigenvalue weighted by Crippen LogP contribution is -2.28. The first-order valence-corrected chi connectivity index (χ1v) is 6.53. The van der Waals surface area contributed by atoms with Crippen LogP contribution in [0.1, 0.15) is 31.3 Å². The normalized spacial score (nSPS) is 13.8. The molecule has 1 rings (SSSR count). The maximum Gasteiger partial charge on any atom is 0.211 e. The number of pyridine rings is 1. The monoisotopic (exact) mass is 228 g/mol. The van der Waals surface area contributed by atoms with Crippen LogP contribution in [0.3, 0.4) is 0 Å². The molecule has 0 aliphatic carbocycles. The average Bonchev–Trinajstić information content (AvgIpc) is 2.17. The summed E-state index contributed by atoms with van der Waals surface area (Å²) >= 11 is 0. The number of nitrogens with one attached hydrogen (secondary N) is 1. The van der Waals surface area contributed by atoms with E-state index in [1.54, 1.807) is 13.8 Å². The lowest BCUT2D eigenvalue weighted by Gasteiger charge is -2.13. The fraction of sp³-hybridized carbons (Fsp3) is 0.500. The Balaban J connectivity index is 2.82. The molecule has 1 aromatic rings. The minimum absolute atomic E-state index is 0.0865. The van der Waals surface area contributed by atoms with Gasteiger partial charge >= 0.3 is 0 Å². The molecule has 0 spiro atoms. The van der Waals surface area contributed by atoms with E-state index in [2.05, 4.69) is 9.71 Å². The molecule has 15 heavy (non-hydrogen) atoms. The summed E-state index contributed by atoms with van der Waals surface area (Å²) in [5, 5.41) is 0. The number of rotatable bonds is 4. The number of hydrogen-bond acceptors (Lipinski definition) is 3. The van der Waals surface area contributed by atoms with E-state index >= 15 is 0 Å². The van der Waals surface area contributed by atoms with Gasteiger partial charge in [0.1, 0.15) is 0 Å². The quantitative estimate of drug-likeness (QED) is 0.847. The van der Waals surface area contributed by atoms with E-state index in [0.717, 1.165) is 11.4 Å². The predicted molar refractivity (Wildman–Crippen MR) is 60.0 cm³/mol. The maximum absolute atomic E-state index is 11.3. The maximum atomic E-state index is 11.3. The lowest BCUT2D eigenvalue weighted by atomic mass is 10.2. The van der Waals surface area contributed by atoms with Gasteiger partial charge < -0.3 is 0 Å². The zero-order valence-electron chi connectivity index (χ0n) is 9.19. The molecular formula is C10H16N2O2S. The molecule has 1 atom stereocenters. The van der Waals surface area contributed by atoms with Crippen molar-refractivity contribution in [1.29, 1.82) is 0 Å². The molecule has 0 bridgehead atoms. The largest absolute Gasteiger partial charge is 0.256 e. The highest BCUT2D eigenvalue weighted by Gasteiger charge is 2.14. The highest BCUT2D eigenvalue weighted by Crippen LogP contribution is 2.10. The van der Waals surface area contributed by atoms with Gasteiger partial charge in [-0.15, -0.1) is 0 Å². The third-order valence-corrected chi connectivity index (χ3v) is 3.56. The molecule has 1 aromatic heterocycles. The average molecular weight is 228 g/mol. The van der Waals surface area contributed by atoms with E-state index in [-0.39, 0.29) is 11.8 Å². The van der Waals surface area contributed by atoms with Crippen LogP contribution < -0.4 is 4.72 Å². The van der Waals surface area contributed by atoms with Crippen LogP contribution in [-0.2, 0) is 10.0 Å². The number of hydrogen-bond donors (Lipinski definition) is 1. The molecule has 1 N–H and O–H groups in total. The van der Waals surface area contributed by atoms with Gasteiger partial charge in [-0.1, -0.05) is 6.07 Å². The summed E-state index contributed by atoms with van der Waals surface area (Å²) in [7, 11) is -3.17. The standard InChI is InChI=1S/C10H16N2O2S/c1-4-15(13,14)12-9(3)10-7-5-6-8(2)11-10/h5-7,9,12H,4H2,1-3H3/t9-/m0/s1. The van der Waals surface area contributed by atoms with Crippen molar-refractivity contribution in [3.8, 4) is 0 Å². The fourth-order valence-electron chi connectivity index (χ4n) is 1.22. The number of nitrogens with zero attached hydrogens (tertiary/aromatic N) is 1. The van der Waals surface area contributed by atoms with E-state index in [1.807, 2.05) is 25.1 Å². The van der Waals surface area contributed by atoms with Crippen molar-refractivity contribution in [3.63, 3.8) is 0 Å². The van der Waals surface area contributed by atoms with Crippen molar-refractivity contribution >= 4 is 10.0 Å². The van der Waals surface area contributed by atoms with Gasteiger partial charge in [-0.3, -0.25) is 4.98 Å². The van der Waals surface area contributed by atoms with Crippen molar-refractivity contribution in [2.75, 3.05) is 5.75 Å². The van der Waals surface area contributed by atoms with Crippen LogP contribution >= 0.6 is 0 Å². The Morgan fingerprint density at radius 1 is 1.47 bits per heavy atom. The predicted octanol–water partition coefficient (Wildman–Crippen LogP) is 1.39. The van der Waals surface area contributed by atoms with Crippen LogP contribution in [0, 0.1) is 6.92 Å². The molecule has 0 aliphatic rings. The summed E-state index contributed by atoms with van der Waals surface area (Å²) in [6, 6.07) is 5.28. The number of aryl methyl sites for hydroxylation is 1. The highest BCUT2D eigenvalue weighted by atomic mass is 32.2. The lowest BCUT2D eigenvalue weighted by molar-refractivity contribution is 0.565. The molecule has 1 heterocycles. The highest BCUT2D eigenvalue weighted by molar-refractivity contribution is 7.89. The van der Waals surface area contributed by atoms with Gasteiger partial charge in [0.05, 0.1) is 17.5 Å². The summed E-state index contributed by atoms with van der Waals surface area (Å²) in [5.41, 5.74) is 1.63. The molecule has 0 saturated heterocycles. The molecule has 0 fully saturated rings. The smallest absolute Gasteiger partial charge is 0.211 e. The SMILES string of the molecule is CCS(=O)(=O)N[C@@H](C)c1cccc(C)n1. The Kier molecular flexibility index (Phi) is 3.82. The van der Waals surface area contributed by atoms with Crippen LogP contribution in [-0.4, -0.2) is 19.2 Å². The fourth-order valence-corrected chi connectivity index (χ4v) is 2.04. The Morgan fingerprint density at radius 3 is 2.67 bits per heavy atom. The summed E-state index contributed by atoms with van der Waals surface area (Å²) in [6.07, 6.45) is 0. The van der Waals surface area contributed by atoms with E-state index in [1.165, 1.54) is 0 Å². The first-order chi connectivity index (χ1) is 6.94. The first kappa shape index (κ1) is 12.1. The molecule has 0 unspecified atom stereocenters. The summed E-state index contributed by atoms with van der Waals surface area (Å²) in [5.74, 6) is 0.0865. The van der Waals surface area contributed by atoms with E-state index < -0.39 is 10.0 Å². The van der Waals surface area contributed by atoms with Gasteiger partial charge in [0.15, 0.2) is 0 Å². The van der Waals surface area contributed by atoms with Gasteiger partial charge in [-0.2, -0.15) is 0 Å². The molecule has 5 heteroatoms. The van der Waals surface area contributed by atoms with Crippen molar-refractivity contribution in [2.24, 2.45) is 0 Å². The van der Waals surface area contributed by atoms with Crippen LogP contribution in [0.5, 0.6) is 0 Å². The summed E-state index contributed by atoms with van der Waals surface area (Å²) < 4.78 is 25.2. The molecule has 0 radical (unpaired) electrons. The second-order valence-corrected chi connectivity index (χ2v) is 5.49. The van der Waals surface area contributed by atoms with Crippen LogP contribution in [0.2, 0.25) is 0 Å². The van der Waals surface area contributed by atoms with Crippen LogP contribution in [0.15, 0.2) is 18.2 Å². The van der Waals surface area contributed by atoms with E-state index in [9.17, 15) is 8.42 Å². The molecule has 0 saturated carbocycles. The number of sulfonamides is 1. The van der Waals surface area contributed by atoms with Crippen molar-refractivity contribution in [3.05, 3.63) is 29.6 Å². The topological polar surface area (TPSA) is 59.1 Å². The molecule has 84 valence electrons. The Morgan fingerprint density at radius 2 is 2.13 bits per heavy atom. The molecule has 0 amide bonds. The summed E-state index contributed by atoms with van der Waals surface area (Å²) in [6.45, 7) is 5.28. The Labute approximate surface area is 90.8 Å². The molecule has 0 aromatic carbocycles. The number of aromatic nitrogens is 1. The molecule has 0 aliphatic heterocycles. The van der Waals surface area contributed by atoms with E-state index in [0.29, 0.717) is 0 Å². The van der Waals surface area contributed by atoms with E-state index in [4.69, 9.17) is 0 Å². The van der Waals surface area contributed by atoms with Gasteiger partial charge in [0.25, 0.3) is 0 Å². The third-order valence-electron chi connectivity index (χ3n) is 2.09. The Hall–Kier alpha value is -0.940.